The van der Waals surface area contributed by atoms with Crippen LogP contribution in [0.2, 0.25) is 5.02 Å². The van der Waals surface area contributed by atoms with Crippen LogP contribution in [0.15, 0.2) is 33.0 Å². The van der Waals surface area contributed by atoms with Crippen LogP contribution in [0.3, 0.4) is 0 Å². The molecule has 4 rings (SSSR count). The Hall–Kier alpha value is -2.56. The van der Waals surface area contributed by atoms with Gasteiger partial charge in [0.15, 0.2) is 17.3 Å². The highest BCUT2D eigenvalue weighted by molar-refractivity contribution is 7.93. The van der Waals surface area contributed by atoms with Gasteiger partial charge in [0, 0.05) is 17.3 Å². The Kier molecular flexibility index (Phi) is 2.66. The second-order valence-electron chi connectivity index (χ2n) is 5.39. The number of benzene rings is 1. The lowest BCUT2D eigenvalue weighted by molar-refractivity contribution is 0.0994. The Morgan fingerprint density at radius 1 is 1.48 bits per heavy atom. The summed E-state index contributed by atoms with van der Waals surface area (Å²) in [6.07, 6.45) is -3.29. The number of aromatic nitrogens is 1. The maximum Gasteiger partial charge on any atom is 0.265 e. The number of thiophene rings is 1. The Morgan fingerprint density at radius 3 is 3.07 bits per heavy atom. The lowest BCUT2D eigenvalue weighted by atomic mass is 10.0. The number of hydrogen-bond donors (Lipinski definition) is 1. The van der Waals surface area contributed by atoms with Crippen LogP contribution in [-0.2, 0) is 16.4 Å². The number of aryl methyl sites for hydroxylation is 1. The number of ether oxygens (including phenoxy) is 2. The zero-order valence-corrected chi connectivity index (χ0v) is 16.2. The molecule has 3 heterocycles. The number of carbonyl (C=O) groups is 1. The van der Waals surface area contributed by atoms with Crippen molar-refractivity contribution < 1.29 is 42.3 Å². The van der Waals surface area contributed by atoms with Gasteiger partial charge in [0.05, 0.1) is 6.25 Å². The molecule has 1 aliphatic heterocycles. The lowest BCUT2D eigenvalue weighted by Gasteiger charge is -2.09. The Bertz CT molecular complexity index is 1630. The average Bonchev–Trinajstić information content (AvgIpc) is 3.48. The molecule has 8 nitrogen and oxygen atoms in total. The molecule has 2 aromatic heterocycles. The van der Waals surface area contributed by atoms with E-state index in [-0.39, 0.29) is 0 Å². The third kappa shape index (κ3) is 3.70. The molecule has 152 valence electrons. The topological polar surface area (TPSA) is 108 Å². The standard InChI is InChI=1S/C18H15ClN2O6S2/c1-9-5-13-14(26-8-25-13)7-11(9)6-12(22)17-15(3-4-28-17)29(23,24)21-18-16(19)10(2)20-27-18/h3-5,7,21H,6,8H2,1-2H3/i1D3,2D3,5D,6D2,8D2. The minimum atomic E-state index is -4.79. The first-order valence-corrected chi connectivity index (χ1v) is 10.2. The molecule has 0 fully saturated rings. The summed E-state index contributed by atoms with van der Waals surface area (Å²) in [5.74, 6) is -3.47. The molecule has 0 saturated heterocycles. The molecule has 1 N–H and O–H groups in total. The van der Waals surface area contributed by atoms with E-state index in [1.165, 1.54) is 0 Å². The fourth-order valence-electron chi connectivity index (χ4n) is 2.24. The predicted molar refractivity (Wildman–Crippen MR) is 107 cm³/mol. The number of carbonyl (C=O) groups excluding carboxylic acids is 1. The molecular weight excluding hydrogens is 440 g/mol. The van der Waals surface area contributed by atoms with E-state index < -0.39 is 97.7 Å². The van der Waals surface area contributed by atoms with Crippen molar-refractivity contribution in [3.05, 3.63) is 50.3 Å². The molecule has 0 aliphatic carbocycles. The van der Waals surface area contributed by atoms with Crippen molar-refractivity contribution in [2.75, 3.05) is 11.5 Å². The first-order chi connectivity index (χ1) is 18.1. The molecule has 0 radical (unpaired) electrons. The van der Waals surface area contributed by atoms with Gasteiger partial charge in [0.2, 0.25) is 6.75 Å². The molecule has 1 aromatic carbocycles. The predicted octanol–water partition coefficient (Wildman–Crippen LogP) is 3.96. The summed E-state index contributed by atoms with van der Waals surface area (Å²) >= 11 is 6.38. The van der Waals surface area contributed by atoms with Gasteiger partial charge in [0.1, 0.15) is 18.4 Å². The fourth-order valence-corrected chi connectivity index (χ4v) is 4.73. The monoisotopic (exact) mass is 465 g/mol. The van der Waals surface area contributed by atoms with Crippen LogP contribution in [0, 0.1) is 13.7 Å². The highest BCUT2D eigenvalue weighted by Crippen LogP contribution is 2.36. The van der Waals surface area contributed by atoms with E-state index in [1.807, 2.05) is 4.72 Å². The summed E-state index contributed by atoms with van der Waals surface area (Å²) in [5, 5.41) is 3.68. The van der Waals surface area contributed by atoms with E-state index >= 15 is 0 Å². The van der Waals surface area contributed by atoms with E-state index in [9.17, 15) is 13.2 Å². The summed E-state index contributed by atoms with van der Waals surface area (Å²) in [4.78, 5) is 12.0. The Balaban J connectivity index is 1.79. The van der Waals surface area contributed by atoms with E-state index in [0.29, 0.717) is 17.4 Å². The molecule has 0 bridgehead atoms. The number of anilines is 1. The summed E-state index contributed by atoms with van der Waals surface area (Å²) in [7, 11) is -4.79. The first kappa shape index (κ1) is 10.5. The van der Waals surface area contributed by atoms with Crippen molar-refractivity contribution in [1.29, 1.82) is 0 Å². The summed E-state index contributed by atoms with van der Waals surface area (Å²) in [6.45, 7) is -8.84. The van der Waals surface area contributed by atoms with Crippen LogP contribution in [0.4, 0.5) is 5.88 Å². The van der Waals surface area contributed by atoms with Gasteiger partial charge in [-0.2, -0.15) is 0 Å². The van der Waals surface area contributed by atoms with Gasteiger partial charge in [0.25, 0.3) is 15.9 Å². The van der Waals surface area contributed by atoms with Crippen molar-refractivity contribution in [1.82, 2.24) is 5.16 Å². The zero-order valence-electron chi connectivity index (χ0n) is 24.8. The fraction of sp³-hybridized carbons (Fsp3) is 0.222. The Morgan fingerprint density at radius 2 is 2.31 bits per heavy atom. The molecule has 29 heavy (non-hydrogen) atoms. The third-order valence-corrected chi connectivity index (χ3v) is 6.30. The number of nitrogens with zero attached hydrogens (tertiary/aromatic N) is 1. The summed E-state index contributed by atoms with van der Waals surface area (Å²) in [5.41, 5.74) is -2.61. The third-order valence-electron chi connectivity index (χ3n) is 3.54. The number of rotatable bonds is 6. The number of halogens is 1. The van der Waals surface area contributed by atoms with Gasteiger partial charge in [-0.1, -0.05) is 16.8 Å². The second-order valence-corrected chi connectivity index (χ2v) is 8.33. The number of nitrogens with one attached hydrogen (secondary N) is 1. The molecule has 3 aromatic rings. The number of fused-ring (bicyclic) bond motifs is 1. The maximum atomic E-state index is 13.5. The number of sulfonamides is 1. The van der Waals surface area contributed by atoms with Crippen LogP contribution in [0.5, 0.6) is 11.5 Å². The minimum Gasteiger partial charge on any atom is -0.454 e. The Labute approximate surface area is 190 Å². The minimum absolute atomic E-state index is 0.492. The number of ketones is 1. The van der Waals surface area contributed by atoms with Crippen LogP contribution in [-0.4, -0.2) is 26.1 Å². The van der Waals surface area contributed by atoms with Crippen LogP contribution >= 0.6 is 22.9 Å². The number of Topliss-reactive ketones (excluding diaryl/α,β-unsaturated/α-hetero) is 1. The largest absolute Gasteiger partial charge is 0.454 e. The summed E-state index contributed by atoms with van der Waals surface area (Å²) < 4.78 is 128. The molecule has 0 spiro atoms. The van der Waals surface area contributed by atoms with Crippen LogP contribution in [0.25, 0.3) is 0 Å². The van der Waals surface area contributed by atoms with Crippen molar-refractivity contribution >= 4 is 44.6 Å². The van der Waals surface area contributed by atoms with Crippen molar-refractivity contribution in [3.8, 4) is 11.5 Å². The molecular formula is C18H15ClN2O6S2. The smallest absolute Gasteiger partial charge is 0.265 e. The molecule has 0 atom stereocenters. The van der Waals surface area contributed by atoms with Gasteiger partial charge in [-0.15, -0.1) is 11.3 Å². The first-order valence-electron chi connectivity index (χ1n) is 13.0. The van der Waals surface area contributed by atoms with E-state index in [2.05, 4.69) is 5.16 Å². The highest BCUT2D eigenvalue weighted by Gasteiger charge is 2.27. The molecule has 11 heteroatoms. The van der Waals surface area contributed by atoms with Crippen LogP contribution in [0.1, 0.15) is 41.6 Å². The average molecular weight is 466 g/mol. The van der Waals surface area contributed by atoms with Crippen molar-refractivity contribution in [2.45, 2.75) is 25.0 Å². The van der Waals surface area contributed by atoms with Crippen molar-refractivity contribution in [2.24, 2.45) is 0 Å². The lowest BCUT2D eigenvalue weighted by Crippen LogP contribution is -2.16. The quantitative estimate of drug-likeness (QED) is 0.549. The molecule has 1 aliphatic rings. The van der Waals surface area contributed by atoms with Gasteiger partial charge >= 0.3 is 0 Å². The van der Waals surface area contributed by atoms with Gasteiger partial charge < -0.3 is 14.0 Å². The van der Waals surface area contributed by atoms with Crippen molar-refractivity contribution in [3.63, 3.8) is 0 Å². The van der Waals surface area contributed by atoms with E-state index in [0.717, 1.165) is 11.4 Å². The SMILES string of the molecule is [2H]c1c2c(cc(C([2H])([2H])C(=O)c3sccc3S(=O)(=O)Nc3onc(C([2H])([2H])[2H])c3Cl)c1C([2H])([2H])[2H])OC([2H])([2H])O2. The number of hydrogen-bond acceptors (Lipinski definition) is 8. The van der Waals surface area contributed by atoms with E-state index in [1.54, 1.807) is 0 Å². The highest BCUT2D eigenvalue weighted by atomic mass is 35.5. The second kappa shape index (κ2) is 7.36. The molecule has 0 saturated carbocycles. The maximum absolute atomic E-state index is 13.5. The van der Waals surface area contributed by atoms with Gasteiger partial charge in [-0.3, -0.25) is 4.79 Å². The van der Waals surface area contributed by atoms with Crippen LogP contribution < -0.4 is 14.2 Å². The molecule has 0 amide bonds. The van der Waals surface area contributed by atoms with Gasteiger partial charge in [-0.05, 0) is 48.4 Å². The van der Waals surface area contributed by atoms with E-state index in [4.69, 9.17) is 40.7 Å². The summed E-state index contributed by atoms with van der Waals surface area (Å²) in [6, 6.07) is 0.693. The van der Waals surface area contributed by atoms with Gasteiger partial charge in [-0.25, -0.2) is 13.1 Å². The normalized spacial score (nSPS) is 21.6. The zero-order chi connectivity index (χ0) is 30.2. The molecule has 0 unspecified atom stereocenters.